The summed E-state index contributed by atoms with van der Waals surface area (Å²) in [5.74, 6) is 1.16. The Labute approximate surface area is 173 Å². The summed E-state index contributed by atoms with van der Waals surface area (Å²) in [4.78, 5) is 22.6. The summed E-state index contributed by atoms with van der Waals surface area (Å²) in [5.41, 5.74) is 1.80. The molecule has 0 spiro atoms. The molecule has 3 heterocycles. The Morgan fingerprint density at radius 1 is 1.17 bits per heavy atom. The number of carbonyl (C=O) groups excluding carboxylic acids is 1. The lowest BCUT2D eigenvalue weighted by atomic mass is 10.2. The summed E-state index contributed by atoms with van der Waals surface area (Å²) >= 11 is 1.57. The fourth-order valence-corrected chi connectivity index (χ4v) is 4.23. The second-order valence-corrected chi connectivity index (χ2v) is 8.26. The van der Waals surface area contributed by atoms with E-state index in [0.29, 0.717) is 23.9 Å². The molecule has 1 aliphatic rings. The van der Waals surface area contributed by atoms with Gasteiger partial charge in [-0.25, -0.2) is 9.37 Å². The molecule has 1 aliphatic heterocycles. The first-order valence-electron chi connectivity index (χ1n) is 9.83. The van der Waals surface area contributed by atoms with Crippen molar-refractivity contribution >= 4 is 17.2 Å². The number of aromatic nitrogens is 1. The highest BCUT2D eigenvalue weighted by Crippen LogP contribution is 2.26. The van der Waals surface area contributed by atoms with Crippen LogP contribution in [0.15, 0.2) is 46.2 Å². The average molecular weight is 414 g/mol. The van der Waals surface area contributed by atoms with E-state index in [-0.39, 0.29) is 18.1 Å². The zero-order valence-electron chi connectivity index (χ0n) is 16.4. The molecule has 0 atom stereocenters. The molecule has 3 aromatic rings. The predicted molar refractivity (Wildman–Crippen MR) is 111 cm³/mol. The van der Waals surface area contributed by atoms with Crippen LogP contribution >= 0.6 is 11.3 Å². The molecular formula is C22H24FN3O2S. The van der Waals surface area contributed by atoms with E-state index in [4.69, 9.17) is 4.42 Å². The van der Waals surface area contributed by atoms with Crippen molar-refractivity contribution in [3.05, 3.63) is 64.6 Å². The molecule has 1 fully saturated rings. The fourth-order valence-electron chi connectivity index (χ4n) is 3.58. The minimum absolute atomic E-state index is 0.0859. The van der Waals surface area contributed by atoms with Crippen LogP contribution in [0, 0.1) is 12.7 Å². The molecule has 0 radical (unpaired) electrons. The van der Waals surface area contributed by atoms with E-state index in [1.807, 2.05) is 41.5 Å². The van der Waals surface area contributed by atoms with Gasteiger partial charge in [0.05, 0.1) is 17.0 Å². The van der Waals surface area contributed by atoms with Crippen molar-refractivity contribution in [2.75, 3.05) is 26.2 Å². The summed E-state index contributed by atoms with van der Waals surface area (Å²) in [6.07, 6.45) is 1.18. The molecule has 0 saturated carbocycles. The van der Waals surface area contributed by atoms with Crippen LogP contribution in [-0.2, 0) is 17.8 Å². The van der Waals surface area contributed by atoms with E-state index in [2.05, 4.69) is 9.88 Å². The minimum Gasteiger partial charge on any atom is -0.440 e. The summed E-state index contributed by atoms with van der Waals surface area (Å²) in [7, 11) is 0. The standard InChI is InChI=1S/C22H24FN3O2S/c1-16-19(24-22(28-16)20-4-2-13-29-20)14-21(27)26-10-3-9-25(11-12-26)15-17-5-7-18(23)8-6-17/h2,4-8,13H,3,9-12,14-15H2,1H3. The molecule has 1 saturated heterocycles. The third-order valence-corrected chi connectivity index (χ3v) is 6.06. The molecular weight excluding hydrogens is 389 g/mol. The van der Waals surface area contributed by atoms with Crippen LogP contribution in [0.2, 0.25) is 0 Å². The van der Waals surface area contributed by atoms with Gasteiger partial charge < -0.3 is 9.32 Å². The van der Waals surface area contributed by atoms with Crippen LogP contribution in [0.3, 0.4) is 0 Å². The fraction of sp³-hybridized carbons (Fsp3) is 0.364. The van der Waals surface area contributed by atoms with Crippen molar-refractivity contribution in [3.8, 4) is 10.8 Å². The van der Waals surface area contributed by atoms with Gasteiger partial charge in [-0.2, -0.15) is 0 Å². The van der Waals surface area contributed by atoms with Crippen LogP contribution in [0.25, 0.3) is 10.8 Å². The molecule has 0 bridgehead atoms. The maximum absolute atomic E-state index is 13.1. The molecule has 0 unspecified atom stereocenters. The van der Waals surface area contributed by atoms with E-state index >= 15 is 0 Å². The van der Waals surface area contributed by atoms with Crippen molar-refractivity contribution in [1.82, 2.24) is 14.8 Å². The van der Waals surface area contributed by atoms with Crippen LogP contribution in [-0.4, -0.2) is 46.9 Å². The monoisotopic (exact) mass is 413 g/mol. The van der Waals surface area contributed by atoms with Crippen LogP contribution in [0.4, 0.5) is 4.39 Å². The van der Waals surface area contributed by atoms with Gasteiger partial charge in [0.25, 0.3) is 0 Å². The lowest BCUT2D eigenvalue weighted by molar-refractivity contribution is -0.130. The third kappa shape index (κ3) is 4.92. The molecule has 0 aliphatic carbocycles. The molecule has 29 heavy (non-hydrogen) atoms. The zero-order chi connectivity index (χ0) is 20.2. The maximum Gasteiger partial charge on any atom is 0.236 e. The third-order valence-electron chi connectivity index (χ3n) is 5.20. The van der Waals surface area contributed by atoms with E-state index < -0.39 is 0 Å². The van der Waals surface area contributed by atoms with Gasteiger partial charge in [-0.15, -0.1) is 11.3 Å². The summed E-state index contributed by atoms with van der Waals surface area (Å²) < 4.78 is 18.8. The normalized spacial score (nSPS) is 15.4. The summed E-state index contributed by atoms with van der Waals surface area (Å²) in [5, 5.41) is 1.98. The van der Waals surface area contributed by atoms with Gasteiger partial charge >= 0.3 is 0 Å². The van der Waals surface area contributed by atoms with Gasteiger partial charge in [0.1, 0.15) is 11.6 Å². The molecule has 1 aromatic carbocycles. The van der Waals surface area contributed by atoms with E-state index in [1.165, 1.54) is 12.1 Å². The number of carbonyl (C=O) groups is 1. The number of halogens is 1. The number of hydrogen-bond acceptors (Lipinski definition) is 5. The molecule has 0 N–H and O–H groups in total. The maximum atomic E-state index is 13.1. The van der Waals surface area contributed by atoms with Gasteiger partial charge in [0, 0.05) is 32.7 Å². The minimum atomic E-state index is -0.216. The topological polar surface area (TPSA) is 49.6 Å². The Kier molecular flexibility index (Phi) is 6.06. The lowest BCUT2D eigenvalue weighted by Gasteiger charge is -2.22. The Hall–Kier alpha value is -2.51. The lowest BCUT2D eigenvalue weighted by Crippen LogP contribution is -2.36. The number of hydrogen-bond donors (Lipinski definition) is 0. The van der Waals surface area contributed by atoms with Gasteiger partial charge in [-0.3, -0.25) is 9.69 Å². The number of nitrogens with zero attached hydrogens (tertiary/aromatic N) is 3. The van der Waals surface area contributed by atoms with E-state index in [1.54, 1.807) is 11.3 Å². The highest BCUT2D eigenvalue weighted by atomic mass is 32.1. The SMILES string of the molecule is Cc1oc(-c2cccs2)nc1CC(=O)N1CCCN(Cc2ccc(F)cc2)CC1. The number of oxazole rings is 1. The Bertz CT molecular complexity index is 953. The molecule has 4 rings (SSSR count). The van der Waals surface area contributed by atoms with Crippen molar-refractivity contribution < 1.29 is 13.6 Å². The quantitative estimate of drug-likeness (QED) is 0.631. The van der Waals surface area contributed by atoms with Crippen molar-refractivity contribution in [2.45, 2.75) is 26.3 Å². The molecule has 1 amide bonds. The smallest absolute Gasteiger partial charge is 0.236 e. The van der Waals surface area contributed by atoms with E-state index in [9.17, 15) is 9.18 Å². The predicted octanol–water partition coefficient (Wildman–Crippen LogP) is 4.13. The van der Waals surface area contributed by atoms with Crippen LogP contribution < -0.4 is 0 Å². The van der Waals surface area contributed by atoms with Gasteiger partial charge in [0.15, 0.2) is 0 Å². The van der Waals surface area contributed by atoms with Crippen molar-refractivity contribution in [2.24, 2.45) is 0 Å². The highest BCUT2D eigenvalue weighted by molar-refractivity contribution is 7.13. The largest absolute Gasteiger partial charge is 0.440 e. The number of rotatable bonds is 5. The van der Waals surface area contributed by atoms with Crippen LogP contribution in [0.5, 0.6) is 0 Å². The zero-order valence-corrected chi connectivity index (χ0v) is 17.3. The Balaban J connectivity index is 1.34. The number of amides is 1. The first-order valence-corrected chi connectivity index (χ1v) is 10.7. The molecule has 7 heteroatoms. The molecule has 2 aromatic heterocycles. The summed E-state index contributed by atoms with van der Waals surface area (Å²) in [6.45, 7) is 5.80. The van der Waals surface area contributed by atoms with Gasteiger partial charge in [-0.05, 0) is 42.5 Å². The number of thiophene rings is 1. The second kappa shape index (κ2) is 8.88. The summed E-state index contributed by atoms with van der Waals surface area (Å²) in [6, 6.07) is 10.6. The van der Waals surface area contributed by atoms with E-state index in [0.717, 1.165) is 43.0 Å². The van der Waals surface area contributed by atoms with Crippen molar-refractivity contribution in [1.29, 1.82) is 0 Å². The second-order valence-electron chi connectivity index (χ2n) is 7.31. The Morgan fingerprint density at radius 2 is 2.00 bits per heavy atom. The highest BCUT2D eigenvalue weighted by Gasteiger charge is 2.22. The number of aryl methyl sites for hydroxylation is 1. The van der Waals surface area contributed by atoms with Gasteiger partial charge in [0.2, 0.25) is 11.8 Å². The van der Waals surface area contributed by atoms with Crippen LogP contribution in [0.1, 0.15) is 23.4 Å². The number of benzene rings is 1. The van der Waals surface area contributed by atoms with Crippen molar-refractivity contribution in [3.63, 3.8) is 0 Å². The first kappa shape index (κ1) is 19.8. The Morgan fingerprint density at radius 3 is 2.76 bits per heavy atom. The first-order chi connectivity index (χ1) is 14.1. The molecule has 152 valence electrons. The van der Waals surface area contributed by atoms with Gasteiger partial charge in [-0.1, -0.05) is 18.2 Å². The average Bonchev–Trinajstić information content (AvgIpc) is 3.30. The molecule has 5 nitrogen and oxygen atoms in total.